The first-order valence-electron chi connectivity index (χ1n) is 7.31. The van der Waals surface area contributed by atoms with E-state index in [-0.39, 0.29) is 37.1 Å². The predicted octanol–water partition coefficient (Wildman–Crippen LogP) is 0.451. The molecule has 1 aromatic rings. The van der Waals surface area contributed by atoms with Gasteiger partial charge in [0, 0.05) is 24.5 Å². The molecule has 24 heavy (non-hydrogen) atoms. The van der Waals surface area contributed by atoms with Crippen LogP contribution in [0.3, 0.4) is 0 Å². The lowest BCUT2D eigenvalue weighted by molar-refractivity contribution is -0.385. The Morgan fingerprint density at radius 3 is 2.54 bits per heavy atom. The van der Waals surface area contributed by atoms with E-state index in [0.717, 1.165) is 0 Å². The summed E-state index contributed by atoms with van der Waals surface area (Å²) in [4.78, 5) is 44.9. The van der Waals surface area contributed by atoms with Crippen molar-refractivity contribution < 1.29 is 24.0 Å². The molecular weight excluding hydrogens is 318 g/mol. The van der Waals surface area contributed by atoms with Crippen LogP contribution in [0.15, 0.2) is 24.3 Å². The summed E-state index contributed by atoms with van der Waals surface area (Å²) in [5.41, 5.74) is 5.36. The van der Waals surface area contributed by atoms with Gasteiger partial charge in [-0.1, -0.05) is 18.2 Å². The fourth-order valence-electron chi connectivity index (χ4n) is 2.02. The van der Waals surface area contributed by atoms with Crippen LogP contribution in [0, 0.1) is 10.1 Å². The molecule has 1 aromatic carbocycles. The number of nitro benzene ring substituents is 1. The Morgan fingerprint density at radius 1 is 1.29 bits per heavy atom. The second kappa shape index (κ2) is 9.23. The highest BCUT2D eigenvalue weighted by atomic mass is 16.6. The molecular formula is C15H19N3O6. The number of hydrogen-bond donors (Lipinski definition) is 2. The zero-order valence-electron chi connectivity index (χ0n) is 13.2. The number of nitrogens with two attached hydrogens (primary N) is 1. The maximum absolute atomic E-state index is 11.8. The van der Waals surface area contributed by atoms with Crippen molar-refractivity contribution in [2.75, 3.05) is 6.61 Å². The van der Waals surface area contributed by atoms with Crippen molar-refractivity contribution in [3.05, 3.63) is 39.9 Å². The lowest BCUT2D eigenvalue weighted by Crippen LogP contribution is -2.46. The number of nitrogens with one attached hydrogen (secondary N) is 1. The number of esters is 1. The van der Waals surface area contributed by atoms with Crippen LogP contribution >= 0.6 is 0 Å². The van der Waals surface area contributed by atoms with Crippen molar-refractivity contribution in [1.29, 1.82) is 0 Å². The van der Waals surface area contributed by atoms with Gasteiger partial charge in [0.1, 0.15) is 6.04 Å². The van der Waals surface area contributed by atoms with E-state index in [2.05, 4.69) is 5.32 Å². The van der Waals surface area contributed by atoms with Crippen molar-refractivity contribution >= 4 is 23.5 Å². The molecule has 1 atom stereocenters. The fraction of sp³-hybridized carbons (Fsp3) is 0.400. The van der Waals surface area contributed by atoms with Crippen LogP contribution in [0.5, 0.6) is 0 Å². The average molecular weight is 337 g/mol. The van der Waals surface area contributed by atoms with E-state index in [9.17, 15) is 24.5 Å². The number of ether oxygens (including phenoxy) is 1. The Balaban J connectivity index is 2.72. The second-order valence-corrected chi connectivity index (χ2v) is 4.92. The molecule has 9 nitrogen and oxygen atoms in total. The molecule has 0 unspecified atom stereocenters. The third-order valence-electron chi connectivity index (χ3n) is 3.15. The van der Waals surface area contributed by atoms with E-state index >= 15 is 0 Å². The van der Waals surface area contributed by atoms with Crippen LogP contribution in [-0.2, 0) is 25.5 Å². The van der Waals surface area contributed by atoms with Crippen molar-refractivity contribution in [1.82, 2.24) is 5.32 Å². The maximum atomic E-state index is 11.8. The van der Waals surface area contributed by atoms with Crippen molar-refractivity contribution in [3.63, 3.8) is 0 Å². The van der Waals surface area contributed by atoms with Crippen molar-refractivity contribution in [2.45, 2.75) is 32.2 Å². The topological polar surface area (TPSA) is 142 Å². The quantitative estimate of drug-likeness (QED) is 0.380. The molecule has 0 fully saturated rings. The third-order valence-corrected chi connectivity index (χ3v) is 3.15. The van der Waals surface area contributed by atoms with Gasteiger partial charge < -0.3 is 15.8 Å². The molecule has 0 spiro atoms. The highest BCUT2D eigenvalue weighted by Gasteiger charge is 2.23. The SMILES string of the molecule is CCOC(=O)CCC(=O)N[C@@H](Cc1ccccc1[N+](=O)[O-])C(N)=O. The number of benzene rings is 1. The van der Waals surface area contributed by atoms with Crippen LogP contribution in [0.2, 0.25) is 0 Å². The molecule has 3 N–H and O–H groups in total. The number of rotatable bonds is 9. The van der Waals surface area contributed by atoms with Gasteiger partial charge in [0.15, 0.2) is 0 Å². The predicted molar refractivity (Wildman–Crippen MR) is 83.8 cm³/mol. The number of nitrogens with zero attached hydrogens (tertiary/aromatic N) is 1. The molecule has 0 saturated carbocycles. The minimum absolute atomic E-state index is 0.113. The van der Waals surface area contributed by atoms with Crippen LogP contribution in [-0.4, -0.2) is 35.4 Å². The summed E-state index contributed by atoms with van der Waals surface area (Å²) in [5.74, 6) is -1.91. The maximum Gasteiger partial charge on any atom is 0.306 e. The van der Waals surface area contributed by atoms with Crippen LogP contribution < -0.4 is 11.1 Å². The number of carbonyl (C=O) groups is 3. The molecule has 0 saturated heterocycles. The number of hydrogen-bond acceptors (Lipinski definition) is 6. The van der Waals surface area contributed by atoms with Gasteiger partial charge in [0.2, 0.25) is 11.8 Å². The minimum atomic E-state index is -1.11. The van der Waals surface area contributed by atoms with Crippen molar-refractivity contribution in [3.8, 4) is 0 Å². The third kappa shape index (κ3) is 6.03. The number of amides is 2. The van der Waals surface area contributed by atoms with Gasteiger partial charge in [0.05, 0.1) is 18.0 Å². The molecule has 1 rings (SSSR count). The largest absolute Gasteiger partial charge is 0.466 e. The second-order valence-electron chi connectivity index (χ2n) is 4.92. The monoisotopic (exact) mass is 337 g/mol. The molecule has 0 bridgehead atoms. The Labute approximate surface area is 138 Å². The van der Waals surface area contributed by atoms with E-state index < -0.39 is 28.7 Å². The van der Waals surface area contributed by atoms with Crippen LogP contribution in [0.4, 0.5) is 5.69 Å². The molecule has 0 radical (unpaired) electrons. The zero-order chi connectivity index (χ0) is 18.1. The zero-order valence-corrected chi connectivity index (χ0v) is 13.2. The molecule has 9 heteroatoms. The summed E-state index contributed by atoms with van der Waals surface area (Å²) >= 11 is 0. The lowest BCUT2D eigenvalue weighted by Gasteiger charge is -2.15. The Bertz CT molecular complexity index is 631. The average Bonchev–Trinajstić information content (AvgIpc) is 2.52. The number of primary amides is 1. The van der Waals surface area contributed by atoms with E-state index in [4.69, 9.17) is 10.5 Å². The normalized spacial score (nSPS) is 11.4. The molecule has 0 aromatic heterocycles. The van der Waals surface area contributed by atoms with Gasteiger partial charge in [-0.2, -0.15) is 0 Å². The summed E-state index contributed by atoms with van der Waals surface area (Å²) < 4.78 is 4.70. The van der Waals surface area contributed by atoms with E-state index in [1.54, 1.807) is 13.0 Å². The smallest absolute Gasteiger partial charge is 0.306 e. The first kappa shape index (κ1) is 19.1. The first-order chi connectivity index (χ1) is 11.3. The van der Waals surface area contributed by atoms with Gasteiger partial charge in [-0.05, 0) is 6.92 Å². The summed E-state index contributed by atoms with van der Waals surface area (Å²) in [7, 11) is 0. The molecule has 0 aliphatic heterocycles. The summed E-state index contributed by atoms with van der Waals surface area (Å²) in [6.07, 6.45) is -0.409. The highest BCUT2D eigenvalue weighted by Crippen LogP contribution is 2.19. The molecule has 2 amide bonds. The fourth-order valence-corrected chi connectivity index (χ4v) is 2.02. The van der Waals surface area contributed by atoms with E-state index in [0.29, 0.717) is 0 Å². The Morgan fingerprint density at radius 2 is 1.96 bits per heavy atom. The summed E-state index contributed by atoms with van der Waals surface area (Å²) in [6, 6.07) is 4.76. The number of para-hydroxylation sites is 1. The number of carbonyl (C=O) groups excluding carboxylic acids is 3. The van der Waals surface area contributed by atoms with Gasteiger partial charge >= 0.3 is 5.97 Å². The minimum Gasteiger partial charge on any atom is -0.466 e. The van der Waals surface area contributed by atoms with E-state index in [1.165, 1.54) is 18.2 Å². The van der Waals surface area contributed by atoms with Crippen LogP contribution in [0.1, 0.15) is 25.3 Å². The number of nitro groups is 1. The first-order valence-corrected chi connectivity index (χ1v) is 7.31. The van der Waals surface area contributed by atoms with Gasteiger partial charge in [-0.15, -0.1) is 0 Å². The van der Waals surface area contributed by atoms with Gasteiger partial charge in [-0.25, -0.2) is 0 Å². The highest BCUT2D eigenvalue weighted by molar-refractivity contribution is 5.88. The standard InChI is InChI=1S/C15H19N3O6/c1-2-24-14(20)8-7-13(19)17-11(15(16)21)9-10-5-3-4-6-12(10)18(22)23/h3-6,11H,2,7-9H2,1H3,(H2,16,21)(H,17,19)/t11-/m0/s1. The lowest BCUT2D eigenvalue weighted by atomic mass is 10.0. The van der Waals surface area contributed by atoms with E-state index in [1.807, 2.05) is 0 Å². The Kier molecular flexibility index (Phi) is 7.34. The molecule has 0 heterocycles. The van der Waals surface area contributed by atoms with Crippen molar-refractivity contribution in [2.24, 2.45) is 5.73 Å². The van der Waals surface area contributed by atoms with Gasteiger partial charge in [0.25, 0.3) is 5.69 Å². The molecule has 0 aliphatic rings. The van der Waals surface area contributed by atoms with Crippen LogP contribution in [0.25, 0.3) is 0 Å². The summed E-state index contributed by atoms with van der Waals surface area (Å²) in [6.45, 7) is 1.86. The summed E-state index contributed by atoms with van der Waals surface area (Å²) in [5, 5.41) is 13.4. The van der Waals surface area contributed by atoms with Gasteiger partial charge in [-0.3, -0.25) is 24.5 Å². The molecule has 130 valence electrons. The Hall–Kier alpha value is -2.97. The molecule has 0 aliphatic carbocycles.